The summed E-state index contributed by atoms with van der Waals surface area (Å²) in [6.45, 7) is 1.71. The monoisotopic (exact) mass is 508 g/mol. The van der Waals surface area contributed by atoms with Crippen molar-refractivity contribution in [2.24, 2.45) is 5.10 Å². The molecule has 2 N–H and O–H groups in total. The Balaban J connectivity index is 1.48. The molecule has 0 aliphatic heterocycles. The lowest BCUT2D eigenvalue weighted by atomic mass is 10.2. The van der Waals surface area contributed by atoms with E-state index in [2.05, 4.69) is 15.8 Å². The molecule has 11 heteroatoms. The maximum atomic E-state index is 12.2. The number of carbonyl (C=O) groups excluding carboxylic acids is 2. The third kappa shape index (κ3) is 7.84. The number of rotatable bonds is 11. The summed E-state index contributed by atoms with van der Waals surface area (Å²) >= 11 is 1.23. The van der Waals surface area contributed by atoms with Crippen LogP contribution in [0.15, 0.2) is 76.7 Å². The molecule has 186 valence electrons. The number of nitro benzene ring substituents is 1. The summed E-state index contributed by atoms with van der Waals surface area (Å²) in [6, 6.07) is 18.4. The molecule has 0 aliphatic rings. The Morgan fingerprint density at radius 2 is 1.81 bits per heavy atom. The van der Waals surface area contributed by atoms with Crippen LogP contribution in [-0.2, 0) is 9.59 Å². The van der Waals surface area contributed by atoms with Gasteiger partial charge in [-0.05, 0) is 54.4 Å². The highest BCUT2D eigenvalue weighted by atomic mass is 32.2. The predicted octanol–water partition coefficient (Wildman–Crippen LogP) is 4.17. The van der Waals surface area contributed by atoms with E-state index in [0.717, 1.165) is 16.1 Å². The maximum Gasteiger partial charge on any atom is 0.269 e. The molecule has 0 spiro atoms. The number of hydrogen-bond acceptors (Lipinski definition) is 8. The first-order valence-corrected chi connectivity index (χ1v) is 11.7. The molecule has 0 fully saturated rings. The van der Waals surface area contributed by atoms with Crippen LogP contribution in [0.2, 0.25) is 0 Å². The minimum absolute atomic E-state index is 0.00853. The fourth-order valence-corrected chi connectivity index (χ4v) is 3.64. The van der Waals surface area contributed by atoms with Crippen molar-refractivity contribution in [2.75, 3.05) is 24.8 Å². The van der Waals surface area contributed by atoms with Crippen molar-refractivity contribution in [3.8, 4) is 11.5 Å². The normalized spacial score (nSPS) is 10.6. The highest BCUT2D eigenvalue weighted by Crippen LogP contribution is 2.27. The molecule has 0 aliphatic carbocycles. The zero-order chi connectivity index (χ0) is 25.9. The van der Waals surface area contributed by atoms with E-state index in [-0.39, 0.29) is 29.9 Å². The summed E-state index contributed by atoms with van der Waals surface area (Å²) in [7, 11) is 1.48. The average molecular weight is 509 g/mol. The number of nitrogens with zero attached hydrogens (tertiary/aromatic N) is 2. The van der Waals surface area contributed by atoms with Crippen LogP contribution >= 0.6 is 11.8 Å². The smallest absolute Gasteiger partial charge is 0.269 e. The number of anilines is 1. The molecule has 0 heterocycles. The van der Waals surface area contributed by atoms with E-state index >= 15 is 0 Å². The summed E-state index contributed by atoms with van der Waals surface area (Å²) in [5.41, 5.74) is 4.73. The van der Waals surface area contributed by atoms with E-state index in [0.29, 0.717) is 17.1 Å². The number of amides is 2. The van der Waals surface area contributed by atoms with E-state index in [1.807, 2.05) is 31.2 Å². The molecule has 2 amide bonds. The second-order valence-electron chi connectivity index (χ2n) is 7.39. The van der Waals surface area contributed by atoms with Gasteiger partial charge in [0.1, 0.15) is 0 Å². The molecule has 0 saturated heterocycles. The molecule has 3 rings (SSSR count). The van der Waals surface area contributed by atoms with Crippen molar-refractivity contribution in [1.82, 2.24) is 5.43 Å². The zero-order valence-electron chi connectivity index (χ0n) is 19.6. The van der Waals surface area contributed by atoms with Crippen LogP contribution in [0.25, 0.3) is 0 Å². The van der Waals surface area contributed by atoms with Gasteiger partial charge in [-0.1, -0.05) is 18.2 Å². The summed E-state index contributed by atoms with van der Waals surface area (Å²) in [5.74, 6) is 0.254. The molecule has 0 bridgehead atoms. The predicted molar refractivity (Wildman–Crippen MR) is 138 cm³/mol. The topological polar surface area (TPSA) is 132 Å². The number of para-hydroxylation sites is 1. The van der Waals surface area contributed by atoms with Gasteiger partial charge in [0, 0.05) is 22.7 Å². The molecule has 0 atom stereocenters. The van der Waals surface area contributed by atoms with Crippen LogP contribution < -0.4 is 20.2 Å². The first-order chi connectivity index (χ1) is 17.4. The van der Waals surface area contributed by atoms with Crippen molar-refractivity contribution in [3.05, 3.63) is 88.0 Å². The van der Waals surface area contributed by atoms with E-state index in [1.54, 1.807) is 30.3 Å². The standard InChI is InChI=1S/C25H24N4O6S/c1-17-5-3-4-6-21(17)27-24(30)15-35-22-12-7-18(13-23(22)34-2)14-26-28-25(31)16-36-20-10-8-19(9-11-20)29(32)33/h3-14H,15-16H2,1-2H3,(H,27,30)(H,28,31)/b26-14-. The number of benzene rings is 3. The van der Waals surface area contributed by atoms with Crippen LogP contribution in [0.1, 0.15) is 11.1 Å². The lowest BCUT2D eigenvalue weighted by Gasteiger charge is -2.12. The number of nitro groups is 1. The van der Waals surface area contributed by atoms with Crippen molar-refractivity contribution in [2.45, 2.75) is 11.8 Å². The number of hydrogen-bond donors (Lipinski definition) is 2. The van der Waals surface area contributed by atoms with Gasteiger partial charge >= 0.3 is 0 Å². The highest BCUT2D eigenvalue weighted by molar-refractivity contribution is 8.00. The summed E-state index contributed by atoms with van der Waals surface area (Å²) in [6.07, 6.45) is 1.45. The second-order valence-corrected chi connectivity index (χ2v) is 8.44. The summed E-state index contributed by atoms with van der Waals surface area (Å²) < 4.78 is 10.9. The molecule has 36 heavy (non-hydrogen) atoms. The number of thioether (sulfide) groups is 1. The number of carbonyl (C=O) groups is 2. The van der Waals surface area contributed by atoms with Gasteiger partial charge in [0.25, 0.3) is 11.6 Å². The number of ether oxygens (including phenoxy) is 2. The van der Waals surface area contributed by atoms with Gasteiger partial charge in [0.15, 0.2) is 18.1 Å². The van der Waals surface area contributed by atoms with Gasteiger partial charge in [-0.3, -0.25) is 19.7 Å². The Bertz CT molecular complexity index is 1260. The van der Waals surface area contributed by atoms with Crippen molar-refractivity contribution in [1.29, 1.82) is 0 Å². The van der Waals surface area contributed by atoms with E-state index in [9.17, 15) is 19.7 Å². The fourth-order valence-electron chi connectivity index (χ4n) is 2.95. The molecule has 0 radical (unpaired) electrons. The Morgan fingerprint density at radius 1 is 1.06 bits per heavy atom. The second kappa shape index (κ2) is 12.9. The minimum atomic E-state index is -0.479. The molecular formula is C25H24N4O6S. The van der Waals surface area contributed by atoms with E-state index in [4.69, 9.17) is 9.47 Å². The Morgan fingerprint density at radius 3 is 2.50 bits per heavy atom. The number of non-ortho nitro benzene ring substituents is 1. The largest absolute Gasteiger partial charge is 0.493 e. The van der Waals surface area contributed by atoms with Crippen LogP contribution in [0.5, 0.6) is 11.5 Å². The Hall–Kier alpha value is -4.38. The molecule has 0 aromatic heterocycles. The first kappa shape index (κ1) is 26.2. The lowest BCUT2D eigenvalue weighted by Crippen LogP contribution is -2.20. The Labute approximate surface area is 211 Å². The quantitative estimate of drug-likeness (QED) is 0.172. The van der Waals surface area contributed by atoms with E-state index < -0.39 is 4.92 Å². The third-order valence-corrected chi connectivity index (χ3v) is 5.80. The van der Waals surface area contributed by atoms with Crippen LogP contribution in [0.3, 0.4) is 0 Å². The van der Waals surface area contributed by atoms with Gasteiger partial charge < -0.3 is 14.8 Å². The van der Waals surface area contributed by atoms with Crippen LogP contribution in [0, 0.1) is 17.0 Å². The van der Waals surface area contributed by atoms with Crippen molar-refractivity contribution >= 4 is 41.2 Å². The highest BCUT2D eigenvalue weighted by Gasteiger charge is 2.10. The molecule has 0 saturated carbocycles. The number of nitrogens with one attached hydrogen (secondary N) is 2. The summed E-state index contributed by atoms with van der Waals surface area (Å²) in [4.78, 5) is 35.2. The van der Waals surface area contributed by atoms with E-state index in [1.165, 1.54) is 37.2 Å². The average Bonchev–Trinajstić information content (AvgIpc) is 2.88. The molecular weight excluding hydrogens is 484 g/mol. The van der Waals surface area contributed by atoms with Gasteiger partial charge in [0.2, 0.25) is 5.91 Å². The van der Waals surface area contributed by atoms with Gasteiger partial charge in [-0.25, -0.2) is 5.43 Å². The Kier molecular flexibility index (Phi) is 9.40. The van der Waals surface area contributed by atoms with Crippen LogP contribution in [-0.4, -0.2) is 42.4 Å². The van der Waals surface area contributed by atoms with Gasteiger partial charge in [-0.2, -0.15) is 5.10 Å². The molecule has 10 nitrogen and oxygen atoms in total. The number of methoxy groups -OCH3 is 1. The fraction of sp³-hybridized carbons (Fsp3) is 0.160. The van der Waals surface area contributed by atoms with Crippen LogP contribution in [0.4, 0.5) is 11.4 Å². The number of hydrazone groups is 1. The zero-order valence-corrected chi connectivity index (χ0v) is 20.4. The van der Waals surface area contributed by atoms with Crippen molar-refractivity contribution in [3.63, 3.8) is 0 Å². The van der Waals surface area contributed by atoms with Crippen molar-refractivity contribution < 1.29 is 24.0 Å². The van der Waals surface area contributed by atoms with Gasteiger partial charge in [0.05, 0.1) is 24.0 Å². The third-order valence-electron chi connectivity index (χ3n) is 4.79. The molecule has 3 aromatic carbocycles. The van der Waals surface area contributed by atoms with Gasteiger partial charge in [-0.15, -0.1) is 11.8 Å². The number of aryl methyl sites for hydroxylation is 1. The summed E-state index contributed by atoms with van der Waals surface area (Å²) in [5, 5.41) is 17.4. The first-order valence-electron chi connectivity index (χ1n) is 10.7. The molecule has 3 aromatic rings. The maximum absolute atomic E-state index is 12.2. The minimum Gasteiger partial charge on any atom is -0.493 e. The lowest BCUT2D eigenvalue weighted by molar-refractivity contribution is -0.384. The molecule has 0 unspecified atom stereocenters. The SMILES string of the molecule is COc1cc(/C=N\NC(=O)CSc2ccc([N+](=O)[O-])cc2)ccc1OCC(=O)Nc1ccccc1C.